The van der Waals surface area contributed by atoms with E-state index in [1.54, 1.807) is 6.07 Å². The second-order valence-corrected chi connectivity index (χ2v) is 3.29. The number of rotatable bonds is 2. The van der Waals surface area contributed by atoms with E-state index in [1.807, 2.05) is 0 Å². The summed E-state index contributed by atoms with van der Waals surface area (Å²) in [5, 5.41) is 19.3. The van der Waals surface area contributed by atoms with Crippen molar-refractivity contribution in [2.45, 2.75) is 0 Å². The molecule has 0 N–H and O–H groups in total. The van der Waals surface area contributed by atoms with Gasteiger partial charge < -0.3 is 4.74 Å². The van der Waals surface area contributed by atoms with Crippen molar-refractivity contribution >= 4 is 21.6 Å². The van der Waals surface area contributed by atoms with Gasteiger partial charge in [0.15, 0.2) is 5.75 Å². The van der Waals surface area contributed by atoms with Gasteiger partial charge in [-0.2, -0.15) is 5.26 Å². The Hall–Kier alpha value is -1.61. The van der Waals surface area contributed by atoms with Crippen molar-refractivity contribution in [2.75, 3.05) is 7.11 Å². The van der Waals surface area contributed by atoms with Gasteiger partial charge in [0.2, 0.25) is 0 Å². The summed E-state index contributed by atoms with van der Waals surface area (Å²) in [5.41, 5.74) is -0.334. The normalized spacial score (nSPS) is 9.21. The monoisotopic (exact) mass is 256 g/mol. The van der Waals surface area contributed by atoms with Crippen LogP contribution in [-0.2, 0) is 0 Å². The largest absolute Gasteiger partial charge is 0.490 e. The highest BCUT2D eigenvalue weighted by atomic mass is 79.9. The Morgan fingerprint density at radius 2 is 2.29 bits per heavy atom. The van der Waals surface area contributed by atoms with E-state index in [2.05, 4.69) is 15.9 Å². The van der Waals surface area contributed by atoms with Crippen LogP contribution in [0.1, 0.15) is 5.56 Å². The highest BCUT2D eigenvalue weighted by molar-refractivity contribution is 9.10. The molecule has 0 amide bonds. The van der Waals surface area contributed by atoms with Crippen molar-refractivity contribution in [2.24, 2.45) is 0 Å². The number of hydrogen-bond acceptors (Lipinski definition) is 4. The highest BCUT2D eigenvalue weighted by Gasteiger charge is 2.21. The summed E-state index contributed by atoms with van der Waals surface area (Å²) in [4.78, 5) is 10.00. The van der Waals surface area contributed by atoms with Gasteiger partial charge in [0.05, 0.1) is 12.0 Å². The number of nitriles is 1. The molecule has 6 heteroatoms. The van der Waals surface area contributed by atoms with E-state index >= 15 is 0 Å². The minimum Gasteiger partial charge on any atom is -0.490 e. The molecule has 0 spiro atoms. The number of nitro groups is 1. The summed E-state index contributed by atoms with van der Waals surface area (Å²) in [6.07, 6.45) is 0. The molecule has 0 aliphatic carbocycles. The van der Waals surface area contributed by atoms with Crippen molar-refractivity contribution in [1.29, 1.82) is 5.26 Å². The van der Waals surface area contributed by atoms with Gasteiger partial charge in [-0.05, 0) is 6.07 Å². The molecule has 0 fully saturated rings. The van der Waals surface area contributed by atoms with E-state index in [9.17, 15) is 10.1 Å². The van der Waals surface area contributed by atoms with Gasteiger partial charge >= 0.3 is 5.69 Å². The van der Waals surface area contributed by atoms with Crippen LogP contribution < -0.4 is 4.74 Å². The van der Waals surface area contributed by atoms with Crippen LogP contribution in [0.3, 0.4) is 0 Å². The molecule has 0 saturated carbocycles. The first-order chi connectivity index (χ1) is 6.60. The summed E-state index contributed by atoms with van der Waals surface area (Å²) in [6.45, 7) is 0. The molecule has 5 nitrogen and oxygen atoms in total. The maximum atomic E-state index is 10.6. The van der Waals surface area contributed by atoms with Gasteiger partial charge in [0.25, 0.3) is 0 Å². The zero-order chi connectivity index (χ0) is 10.7. The predicted octanol–water partition coefficient (Wildman–Crippen LogP) is 2.24. The Bertz CT molecular complexity index is 425. The fourth-order valence-electron chi connectivity index (χ4n) is 1.00. The third-order valence-corrected chi connectivity index (χ3v) is 2.02. The van der Waals surface area contributed by atoms with E-state index in [0.717, 1.165) is 0 Å². The second kappa shape index (κ2) is 4.07. The summed E-state index contributed by atoms with van der Waals surface area (Å²) >= 11 is 3.12. The van der Waals surface area contributed by atoms with Crippen molar-refractivity contribution in [1.82, 2.24) is 0 Å². The van der Waals surface area contributed by atoms with Crippen molar-refractivity contribution in [3.63, 3.8) is 0 Å². The zero-order valence-corrected chi connectivity index (χ0v) is 8.74. The number of hydrogen-bond donors (Lipinski definition) is 0. The van der Waals surface area contributed by atoms with Gasteiger partial charge in [0, 0.05) is 10.5 Å². The van der Waals surface area contributed by atoms with Crippen LogP contribution in [0.15, 0.2) is 16.6 Å². The van der Waals surface area contributed by atoms with Crippen molar-refractivity contribution in [3.8, 4) is 11.8 Å². The quantitative estimate of drug-likeness (QED) is 0.601. The Balaban J connectivity index is 3.50. The van der Waals surface area contributed by atoms with Gasteiger partial charge in [-0.3, -0.25) is 10.1 Å². The Morgan fingerprint density at radius 3 is 2.71 bits per heavy atom. The van der Waals surface area contributed by atoms with E-state index in [0.29, 0.717) is 4.47 Å². The average Bonchev–Trinajstić information content (AvgIpc) is 2.15. The number of benzene rings is 1. The lowest BCUT2D eigenvalue weighted by atomic mass is 10.2. The standard InChI is InChI=1S/C8H5BrN2O3/c1-14-7-3-6(9)2-5(4-10)8(7)11(12)13/h2-3H,1H3. The third kappa shape index (κ3) is 1.83. The second-order valence-electron chi connectivity index (χ2n) is 2.37. The van der Waals surface area contributed by atoms with Crippen LogP contribution in [0.25, 0.3) is 0 Å². The Kier molecular flexibility index (Phi) is 3.04. The molecule has 0 heterocycles. The third-order valence-electron chi connectivity index (χ3n) is 1.56. The van der Waals surface area contributed by atoms with Gasteiger partial charge in [-0.1, -0.05) is 15.9 Å². The summed E-state index contributed by atoms with van der Waals surface area (Å²) < 4.78 is 5.37. The number of nitrogens with zero attached hydrogens (tertiary/aromatic N) is 2. The highest BCUT2D eigenvalue weighted by Crippen LogP contribution is 2.33. The lowest BCUT2D eigenvalue weighted by Crippen LogP contribution is -1.96. The minimum absolute atomic E-state index is 0.0266. The van der Waals surface area contributed by atoms with Crippen molar-refractivity contribution < 1.29 is 9.66 Å². The van der Waals surface area contributed by atoms with Crippen LogP contribution in [-0.4, -0.2) is 12.0 Å². The number of halogens is 1. The molecular weight excluding hydrogens is 252 g/mol. The molecule has 0 unspecified atom stereocenters. The topological polar surface area (TPSA) is 76.2 Å². The first kappa shape index (κ1) is 10.5. The molecule has 0 atom stereocenters. The van der Waals surface area contributed by atoms with E-state index in [1.165, 1.54) is 19.2 Å². The Morgan fingerprint density at radius 1 is 1.64 bits per heavy atom. The number of nitro benzene ring substituents is 1. The molecule has 0 bridgehead atoms. The number of methoxy groups -OCH3 is 1. The smallest absolute Gasteiger partial charge is 0.328 e. The van der Waals surface area contributed by atoms with Gasteiger partial charge in [-0.15, -0.1) is 0 Å². The molecular formula is C8H5BrN2O3. The maximum Gasteiger partial charge on any atom is 0.328 e. The molecule has 1 rings (SSSR count). The Labute approximate surface area is 88.2 Å². The number of ether oxygens (including phenoxy) is 1. The summed E-state index contributed by atoms with van der Waals surface area (Å²) in [5.74, 6) is 0.0703. The van der Waals surface area contributed by atoms with Crippen LogP contribution in [0.5, 0.6) is 5.75 Å². The average molecular weight is 257 g/mol. The molecule has 0 aliphatic heterocycles. The first-order valence-corrected chi connectivity index (χ1v) is 4.31. The minimum atomic E-state index is -0.635. The molecule has 72 valence electrons. The molecule has 0 aliphatic rings. The molecule has 1 aromatic rings. The van der Waals surface area contributed by atoms with Crippen LogP contribution in [0.2, 0.25) is 0 Å². The molecule has 14 heavy (non-hydrogen) atoms. The molecule has 0 saturated heterocycles. The van der Waals surface area contributed by atoms with Crippen molar-refractivity contribution in [3.05, 3.63) is 32.3 Å². The summed E-state index contributed by atoms with van der Waals surface area (Å²) in [7, 11) is 1.32. The van der Waals surface area contributed by atoms with Crippen LogP contribution in [0.4, 0.5) is 5.69 Å². The molecule has 0 aromatic heterocycles. The SMILES string of the molecule is COc1cc(Br)cc(C#N)c1[N+](=O)[O-]. The van der Waals surface area contributed by atoms with Crippen LogP contribution >= 0.6 is 15.9 Å². The van der Waals surface area contributed by atoms with E-state index in [-0.39, 0.29) is 17.0 Å². The lowest BCUT2D eigenvalue weighted by Gasteiger charge is -2.03. The van der Waals surface area contributed by atoms with Crippen LogP contribution in [0, 0.1) is 21.4 Å². The fourth-order valence-corrected chi connectivity index (χ4v) is 1.44. The summed E-state index contributed by atoms with van der Waals surface area (Å²) in [6, 6.07) is 4.56. The zero-order valence-electron chi connectivity index (χ0n) is 7.15. The van der Waals surface area contributed by atoms with E-state index in [4.69, 9.17) is 10.00 Å². The van der Waals surface area contributed by atoms with Gasteiger partial charge in [0.1, 0.15) is 11.6 Å². The first-order valence-electron chi connectivity index (χ1n) is 3.52. The molecule has 1 aromatic carbocycles. The fraction of sp³-hybridized carbons (Fsp3) is 0.125. The maximum absolute atomic E-state index is 10.6. The predicted molar refractivity (Wildman–Crippen MR) is 52.1 cm³/mol. The van der Waals surface area contributed by atoms with Gasteiger partial charge in [-0.25, -0.2) is 0 Å². The lowest BCUT2D eigenvalue weighted by molar-refractivity contribution is -0.386. The molecule has 0 radical (unpaired) electrons. The van der Waals surface area contributed by atoms with E-state index < -0.39 is 4.92 Å².